The van der Waals surface area contributed by atoms with Crippen LogP contribution in [0.4, 0.5) is 5.69 Å². The number of hydrogen-bond donors (Lipinski definition) is 0. The fourth-order valence-electron chi connectivity index (χ4n) is 3.22. The predicted octanol–water partition coefficient (Wildman–Crippen LogP) is 5.42. The van der Waals surface area contributed by atoms with Crippen LogP contribution in [0.5, 0.6) is 0 Å². The smallest absolute Gasteiger partial charge is 0.102 e. The van der Waals surface area contributed by atoms with Crippen molar-refractivity contribution in [2.45, 2.75) is 26.7 Å². The van der Waals surface area contributed by atoms with E-state index in [1.165, 1.54) is 12.8 Å². The van der Waals surface area contributed by atoms with E-state index in [2.05, 4.69) is 30.0 Å². The molecule has 0 saturated carbocycles. The molecule has 2 aromatic rings. The Bertz CT molecular complexity index is 735. The number of anilines is 1. The quantitative estimate of drug-likeness (QED) is 0.737. The minimum atomic E-state index is 0.740. The predicted molar refractivity (Wildman–Crippen MR) is 97.0 cm³/mol. The van der Waals surface area contributed by atoms with E-state index in [0.29, 0.717) is 0 Å². The van der Waals surface area contributed by atoms with Crippen LogP contribution < -0.4 is 4.90 Å². The van der Waals surface area contributed by atoms with Gasteiger partial charge in [-0.05, 0) is 66.6 Å². The molecule has 1 saturated heterocycles. The summed E-state index contributed by atoms with van der Waals surface area (Å²) < 4.78 is 0. The van der Waals surface area contributed by atoms with Crippen molar-refractivity contribution >= 4 is 17.3 Å². The lowest BCUT2D eigenvalue weighted by Gasteiger charge is -2.33. The van der Waals surface area contributed by atoms with E-state index in [1.807, 2.05) is 31.2 Å². The van der Waals surface area contributed by atoms with Gasteiger partial charge < -0.3 is 4.90 Å². The standard InChI is InChI=1S/C20H21ClN2/c1-14-7-9-23(10-8-14)20-12-17(11-15(2)19(20)13-22)16-3-5-18(21)6-4-16/h3-6,11-12,14H,7-10H2,1-2H3. The molecule has 0 aliphatic carbocycles. The normalized spacial score (nSPS) is 15.5. The van der Waals surface area contributed by atoms with E-state index < -0.39 is 0 Å². The third-order valence-corrected chi connectivity index (χ3v) is 4.98. The Balaban J connectivity index is 2.03. The SMILES string of the molecule is Cc1cc(-c2ccc(Cl)cc2)cc(N2CCC(C)CC2)c1C#N. The van der Waals surface area contributed by atoms with Gasteiger partial charge in [-0.25, -0.2) is 0 Å². The maximum absolute atomic E-state index is 9.59. The van der Waals surface area contributed by atoms with Crippen LogP contribution in [-0.2, 0) is 0 Å². The summed E-state index contributed by atoms with van der Waals surface area (Å²) in [7, 11) is 0. The fraction of sp³-hybridized carbons (Fsp3) is 0.350. The van der Waals surface area contributed by atoms with Crippen LogP contribution in [0, 0.1) is 24.2 Å². The zero-order valence-corrected chi connectivity index (χ0v) is 14.4. The number of halogens is 1. The third-order valence-electron chi connectivity index (χ3n) is 4.73. The van der Waals surface area contributed by atoms with Gasteiger partial charge in [0.1, 0.15) is 6.07 Å². The van der Waals surface area contributed by atoms with Crippen molar-refractivity contribution in [3.8, 4) is 17.2 Å². The molecule has 3 heteroatoms. The highest BCUT2D eigenvalue weighted by atomic mass is 35.5. The van der Waals surface area contributed by atoms with Crippen molar-refractivity contribution in [3.05, 3.63) is 52.5 Å². The molecule has 0 unspecified atom stereocenters. The van der Waals surface area contributed by atoms with Gasteiger partial charge in [0.05, 0.1) is 11.3 Å². The van der Waals surface area contributed by atoms with Crippen LogP contribution in [0.2, 0.25) is 5.02 Å². The van der Waals surface area contributed by atoms with Gasteiger partial charge in [0.2, 0.25) is 0 Å². The first-order valence-corrected chi connectivity index (χ1v) is 8.52. The summed E-state index contributed by atoms with van der Waals surface area (Å²) >= 11 is 5.99. The second-order valence-corrected chi connectivity index (χ2v) is 6.91. The molecule has 0 bridgehead atoms. The van der Waals surface area contributed by atoms with Crippen molar-refractivity contribution in [1.82, 2.24) is 0 Å². The van der Waals surface area contributed by atoms with Crippen molar-refractivity contribution in [2.24, 2.45) is 5.92 Å². The number of aryl methyl sites for hydroxylation is 1. The molecule has 1 fully saturated rings. The molecule has 0 spiro atoms. The molecule has 0 atom stereocenters. The molecule has 0 N–H and O–H groups in total. The number of benzene rings is 2. The van der Waals surface area contributed by atoms with Gasteiger partial charge >= 0.3 is 0 Å². The molecule has 0 amide bonds. The maximum atomic E-state index is 9.59. The molecule has 2 aromatic carbocycles. The zero-order valence-electron chi connectivity index (χ0n) is 13.6. The summed E-state index contributed by atoms with van der Waals surface area (Å²) in [5.41, 5.74) is 5.19. The highest BCUT2D eigenvalue weighted by Crippen LogP contribution is 2.33. The molecule has 0 aromatic heterocycles. The first kappa shape index (κ1) is 15.9. The lowest BCUT2D eigenvalue weighted by atomic mass is 9.95. The molecule has 2 nitrogen and oxygen atoms in total. The third kappa shape index (κ3) is 3.35. The van der Waals surface area contributed by atoms with Crippen LogP contribution in [0.1, 0.15) is 30.9 Å². The summed E-state index contributed by atoms with van der Waals surface area (Å²) in [6, 6.07) is 14.5. The average molecular weight is 325 g/mol. The van der Waals surface area contributed by atoms with Gasteiger partial charge in [0, 0.05) is 18.1 Å². The van der Waals surface area contributed by atoms with E-state index in [9.17, 15) is 5.26 Å². The van der Waals surface area contributed by atoms with Gasteiger partial charge in [0.15, 0.2) is 0 Å². The van der Waals surface area contributed by atoms with Crippen molar-refractivity contribution < 1.29 is 0 Å². The fourth-order valence-corrected chi connectivity index (χ4v) is 3.35. The lowest BCUT2D eigenvalue weighted by Crippen LogP contribution is -2.33. The Labute approximate surface area is 143 Å². The molecule has 23 heavy (non-hydrogen) atoms. The highest BCUT2D eigenvalue weighted by Gasteiger charge is 2.20. The second kappa shape index (κ2) is 6.64. The van der Waals surface area contributed by atoms with Gasteiger partial charge in [-0.2, -0.15) is 5.26 Å². The molecule has 1 aliphatic heterocycles. The Hall–Kier alpha value is -1.98. The van der Waals surface area contributed by atoms with Gasteiger partial charge in [-0.3, -0.25) is 0 Å². The number of hydrogen-bond acceptors (Lipinski definition) is 2. The number of rotatable bonds is 2. The molecule has 1 aliphatic rings. The lowest BCUT2D eigenvalue weighted by molar-refractivity contribution is 0.438. The van der Waals surface area contributed by atoms with Gasteiger partial charge in [-0.15, -0.1) is 0 Å². The van der Waals surface area contributed by atoms with E-state index in [0.717, 1.165) is 52.0 Å². The maximum Gasteiger partial charge on any atom is 0.102 e. The molecule has 0 radical (unpaired) electrons. The number of nitrogens with zero attached hydrogens (tertiary/aromatic N) is 2. The molecular formula is C20H21ClN2. The Kier molecular flexibility index (Phi) is 4.59. The first-order valence-electron chi connectivity index (χ1n) is 8.14. The molecule has 1 heterocycles. The summed E-state index contributed by atoms with van der Waals surface area (Å²) in [5.74, 6) is 0.775. The van der Waals surface area contributed by atoms with Crippen LogP contribution in [0.3, 0.4) is 0 Å². The van der Waals surface area contributed by atoms with E-state index >= 15 is 0 Å². The van der Waals surface area contributed by atoms with Crippen LogP contribution >= 0.6 is 11.6 Å². The summed E-state index contributed by atoms with van der Waals surface area (Å²) in [6.45, 7) is 6.38. The summed E-state index contributed by atoms with van der Waals surface area (Å²) in [6.07, 6.45) is 2.38. The van der Waals surface area contributed by atoms with Gasteiger partial charge in [-0.1, -0.05) is 30.7 Å². The second-order valence-electron chi connectivity index (χ2n) is 6.48. The topological polar surface area (TPSA) is 27.0 Å². The Morgan fingerprint density at radius 2 is 1.74 bits per heavy atom. The van der Waals surface area contributed by atoms with E-state index in [-0.39, 0.29) is 0 Å². The minimum absolute atomic E-state index is 0.740. The monoisotopic (exact) mass is 324 g/mol. The van der Waals surface area contributed by atoms with Crippen LogP contribution in [0.15, 0.2) is 36.4 Å². The van der Waals surface area contributed by atoms with E-state index in [4.69, 9.17) is 11.6 Å². The average Bonchev–Trinajstić information content (AvgIpc) is 2.55. The minimum Gasteiger partial charge on any atom is -0.370 e. The zero-order chi connectivity index (χ0) is 16.4. The van der Waals surface area contributed by atoms with Crippen molar-refractivity contribution in [1.29, 1.82) is 5.26 Å². The van der Waals surface area contributed by atoms with Crippen LogP contribution in [-0.4, -0.2) is 13.1 Å². The van der Waals surface area contributed by atoms with Crippen molar-refractivity contribution in [3.63, 3.8) is 0 Å². The number of nitriles is 1. The molecule has 118 valence electrons. The molecular weight excluding hydrogens is 304 g/mol. The summed E-state index contributed by atoms with van der Waals surface area (Å²) in [4.78, 5) is 2.37. The first-order chi connectivity index (χ1) is 11.1. The van der Waals surface area contributed by atoms with Crippen LogP contribution in [0.25, 0.3) is 11.1 Å². The Morgan fingerprint density at radius 1 is 1.09 bits per heavy atom. The Morgan fingerprint density at radius 3 is 2.35 bits per heavy atom. The van der Waals surface area contributed by atoms with Gasteiger partial charge in [0.25, 0.3) is 0 Å². The summed E-state index contributed by atoms with van der Waals surface area (Å²) in [5, 5.41) is 10.3. The number of piperidine rings is 1. The van der Waals surface area contributed by atoms with Crippen molar-refractivity contribution in [2.75, 3.05) is 18.0 Å². The largest absolute Gasteiger partial charge is 0.370 e. The van der Waals surface area contributed by atoms with E-state index in [1.54, 1.807) is 0 Å². The highest BCUT2D eigenvalue weighted by molar-refractivity contribution is 6.30. The molecule has 3 rings (SSSR count).